The molecule has 1 aromatic heterocycles. The summed E-state index contributed by atoms with van der Waals surface area (Å²) >= 11 is 0. The van der Waals surface area contributed by atoms with E-state index in [1.807, 2.05) is 0 Å². The maximum Gasteiger partial charge on any atom is 0.180 e. The Morgan fingerprint density at radius 2 is 2.57 bits per heavy atom. The molecule has 2 heterocycles. The fraction of sp³-hybridized carbons (Fsp3) is 0.700. The van der Waals surface area contributed by atoms with Gasteiger partial charge in [-0.2, -0.15) is 0 Å². The van der Waals surface area contributed by atoms with Crippen molar-refractivity contribution >= 4 is 0 Å². The molecular weight excluding hydrogens is 180 g/mol. The number of piperidine rings is 1. The summed E-state index contributed by atoms with van der Waals surface area (Å²) in [5, 5.41) is 3.43. The van der Waals surface area contributed by atoms with Gasteiger partial charge in [0.15, 0.2) is 6.39 Å². The SMILES string of the molecule is c1nc(COC[C@H]2CCCCN2)co1. The molecule has 0 saturated carbocycles. The van der Waals surface area contributed by atoms with Crippen LogP contribution in [0.15, 0.2) is 17.1 Å². The molecule has 2 rings (SSSR count). The highest BCUT2D eigenvalue weighted by molar-refractivity contribution is 4.87. The largest absolute Gasteiger partial charge is 0.451 e. The fourth-order valence-electron chi connectivity index (χ4n) is 1.68. The Bertz CT molecular complexity index is 243. The van der Waals surface area contributed by atoms with E-state index in [1.54, 1.807) is 6.26 Å². The van der Waals surface area contributed by atoms with E-state index in [4.69, 9.17) is 9.15 Å². The minimum Gasteiger partial charge on any atom is -0.451 e. The van der Waals surface area contributed by atoms with Gasteiger partial charge in [0.1, 0.15) is 12.0 Å². The van der Waals surface area contributed by atoms with Crippen molar-refractivity contribution in [3.63, 3.8) is 0 Å². The summed E-state index contributed by atoms with van der Waals surface area (Å²) in [4.78, 5) is 3.99. The zero-order valence-corrected chi connectivity index (χ0v) is 8.24. The summed E-state index contributed by atoms with van der Waals surface area (Å²) in [6.45, 7) is 2.44. The molecule has 1 aliphatic rings. The average Bonchev–Trinajstić information content (AvgIpc) is 2.72. The zero-order chi connectivity index (χ0) is 9.64. The van der Waals surface area contributed by atoms with Crippen molar-refractivity contribution in [3.8, 4) is 0 Å². The summed E-state index contributed by atoms with van der Waals surface area (Å²) in [5.41, 5.74) is 0.862. The minimum absolute atomic E-state index is 0.524. The Morgan fingerprint density at radius 1 is 1.57 bits per heavy atom. The van der Waals surface area contributed by atoms with E-state index in [-0.39, 0.29) is 0 Å². The standard InChI is InChI=1S/C10H16N2O2/c1-2-4-11-9(3-1)5-13-6-10-7-14-8-12-10/h7-9,11H,1-6H2/t9-/m1/s1. The lowest BCUT2D eigenvalue weighted by molar-refractivity contribution is 0.0890. The minimum atomic E-state index is 0.524. The van der Waals surface area contributed by atoms with Crippen LogP contribution in [0.25, 0.3) is 0 Å². The molecule has 0 unspecified atom stereocenters. The first kappa shape index (κ1) is 9.68. The zero-order valence-electron chi connectivity index (χ0n) is 8.24. The molecule has 0 bridgehead atoms. The topological polar surface area (TPSA) is 47.3 Å². The third-order valence-electron chi connectivity index (χ3n) is 2.46. The Labute approximate surface area is 83.7 Å². The predicted octanol–water partition coefficient (Wildman–Crippen LogP) is 1.33. The van der Waals surface area contributed by atoms with Crippen LogP contribution in [0.3, 0.4) is 0 Å². The van der Waals surface area contributed by atoms with E-state index in [0.29, 0.717) is 12.6 Å². The molecular formula is C10H16N2O2. The molecule has 1 aliphatic heterocycles. The number of hydrogen-bond donors (Lipinski definition) is 1. The first-order valence-corrected chi connectivity index (χ1v) is 5.13. The molecule has 4 nitrogen and oxygen atoms in total. The molecule has 1 fully saturated rings. The first-order chi connectivity index (χ1) is 6.95. The molecule has 4 heteroatoms. The lowest BCUT2D eigenvalue weighted by Gasteiger charge is -2.22. The molecule has 1 atom stereocenters. The third kappa shape index (κ3) is 2.82. The molecule has 1 N–H and O–H groups in total. The Hall–Kier alpha value is -0.870. The van der Waals surface area contributed by atoms with Crippen molar-refractivity contribution in [2.24, 2.45) is 0 Å². The predicted molar refractivity (Wildman–Crippen MR) is 51.8 cm³/mol. The van der Waals surface area contributed by atoms with Crippen LogP contribution in [0, 0.1) is 0 Å². The van der Waals surface area contributed by atoms with Crippen molar-refractivity contribution in [1.82, 2.24) is 10.3 Å². The monoisotopic (exact) mass is 196 g/mol. The van der Waals surface area contributed by atoms with Crippen LogP contribution in [0.4, 0.5) is 0 Å². The van der Waals surface area contributed by atoms with Crippen molar-refractivity contribution in [3.05, 3.63) is 18.4 Å². The van der Waals surface area contributed by atoms with Crippen LogP contribution in [-0.4, -0.2) is 24.2 Å². The van der Waals surface area contributed by atoms with E-state index in [2.05, 4.69) is 10.3 Å². The summed E-state index contributed by atoms with van der Waals surface area (Å²) in [7, 11) is 0. The highest BCUT2D eigenvalue weighted by atomic mass is 16.5. The number of hydrogen-bond acceptors (Lipinski definition) is 4. The average molecular weight is 196 g/mol. The van der Waals surface area contributed by atoms with Crippen LogP contribution >= 0.6 is 0 Å². The smallest absolute Gasteiger partial charge is 0.180 e. The molecule has 1 aromatic rings. The number of nitrogens with zero attached hydrogens (tertiary/aromatic N) is 1. The maximum absolute atomic E-state index is 5.53. The number of nitrogens with one attached hydrogen (secondary N) is 1. The van der Waals surface area contributed by atoms with E-state index in [9.17, 15) is 0 Å². The lowest BCUT2D eigenvalue weighted by atomic mass is 10.1. The van der Waals surface area contributed by atoms with Gasteiger partial charge >= 0.3 is 0 Å². The second-order valence-electron chi connectivity index (χ2n) is 3.64. The fourth-order valence-corrected chi connectivity index (χ4v) is 1.68. The first-order valence-electron chi connectivity index (χ1n) is 5.13. The molecule has 0 aromatic carbocycles. The van der Waals surface area contributed by atoms with Gasteiger partial charge < -0.3 is 14.5 Å². The Balaban J connectivity index is 1.62. The highest BCUT2D eigenvalue weighted by Crippen LogP contribution is 2.07. The Kier molecular flexibility index (Phi) is 3.54. The van der Waals surface area contributed by atoms with Gasteiger partial charge in [0.2, 0.25) is 0 Å². The third-order valence-corrected chi connectivity index (χ3v) is 2.46. The molecule has 0 amide bonds. The van der Waals surface area contributed by atoms with Crippen LogP contribution in [0.5, 0.6) is 0 Å². The number of ether oxygens (including phenoxy) is 1. The van der Waals surface area contributed by atoms with Gasteiger partial charge in [0.25, 0.3) is 0 Å². The van der Waals surface area contributed by atoms with Crippen LogP contribution < -0.4 is 5.32 Å². The molecule has 14 heavy (non-hydrogen) atoms. The highest BCUT2D eigenvalue weighted by Gasteiger charge is 2.12. The normalized spacial score (nSPS) is 22.4. The van der Waals surface area contributed by atoms with Gasteiger partial charge in [-0.1, -0.05) is 6.42 Å². The number of aromatic nitrogens is 1. The van der Waals surface area contributed by atoms with Crippen LogP contribution in [0.2, 0.25) is 0 Å². The summed E-state index contributed by atoms with van der Waals surface area (Å²) in [6, 6.07) is 0.524. The van der Waals surface area contributed by atoms with Crippen molar-refractivity contribution in [2.45, 2.75) is 31.9 Å². The van der Waals surface area contributed by atoms with E-state index in [0.717, 1.165) is 18.8 Å². The molecule has 78 valence electrons. The van der Waals surface area contributed by atoms with Crippen LogP contribution in [-0.2, 0) is 11.3 Å². The van der Waals surface area contributed by atoms with E-state index in [1.165, 1.54) is 25.7 Å². The second-order valence-corrected chi connectivity index (χ2v) is 3.64. The summed E-state index contributed by atoms with van der Waals surface area (Å²) in [5.74, 6) is 0. The van der Waals surface area contributed by atoms with Gasteiger partial charge in [-0.15, -0.1) is 0 Å². The quantitative estimate of drug-likeness (QED) is 0.789. The maximum atomic E-state index is 5.53. The van der Waals surface area contributed by atoms with Gasteiger partial charge in [0, 0.05) is 6.04 Å². The summed E-state index contributed by atoms with van der Waals surface area (Å²) < 4.78 is 10.4. The molecule has 1 saturated heterocycles. The molecule has 0 aliphatic carbocycles. The molecule has 0 radical (unpaired) electrons. The van der Waals surface area contributed by atoms with Gasteiger partial charge in [-0.3, -0.25) is 0 Å². The Morgan fingerprint density at radius 3 is 3.29 bits per heavy atom. The number of oxazole rings is 1. The number of rotatable bonds is 4. The second kappa shape index (κ2) is 5.12. The summed E-state index contributed by atoms with van der Waals surface area (Å²) in [6.07, 6.45) is 6.87. The van der Waals surface area contributed by atoms with Crippen molar-refractivity contribution < 1.29 is 9.15 Å². The van der Waals surface area contributed by atoms with Crippen LogP contribution in [0.1, 0.15) is 25.0 Å². The van der Waals surface area contributed by atoms with Gasteiger partial charge in [0.05, 0.1) is 13.2 Å². The van der Waals surface area contributed by atoms with E-state index < -0.39 is 0 Å². The van der Waals surface area contributed by atoms with Gasteiger partial charge in [-0.25, -0.2) is 4.98 Å². The molecule has 0 spiro atoms. The lowest BCUT2D eigenvalue weighted by Crippen LogP contribution is -2.37. The van der Waals surface area contributed by atoms with Crippen molar-refractivity contribution in [2.75, 3.05) is 13.2 Å². The van der Waals surface area contributed by atoms with E-state index >= 15 is 0 Å². The van der Waals surface area contributed by atoms with Gasteiger partial charge in [-0.05, 0) is 19.4 Å². The van der Waals surface area contributed by atoms with Crippen molar-refractivity contribution in [1.29, 1.82) is 0 Å².